The average Bonchev–Trinajstić information content (AvgIpc) is 3.40. The second kappa shape index (κ2) is 8.53. The first kappa shape index (κ1) is 19.3. The fourth-order valence-electron chi connectivity index (χ4n) is 3.76. The number of amides is 1. The first-order valence-electron chi connectivity index (χ1n) is 9.79. The number of benzene rings is 2. The summed E-state index contributed by atoms with van der Waals surface area (Å²) in [5, 5.41) is 4.06. The molecule has 0 aliphatic carbocycles. The second-order valence-corrected chi connectivity index (χ2v) is 7.33. The highest BCUT2D eigenvalue weighted by atomic mass is 19.1. The van der Waals surface area contributed by atoms with Crippen LogP contribution in [0, 0.1) is 5.82 Å². The first-order chi connectivity index (χ1) is 14.1. The summed E-state index contributed by atoms with van der Waals surface area (Å²) in [4.78, 5) is 19.1. The summed E-state index contributed by atoms with van der Waals surface area (Å²) in [7, 11) is 0. The molecule has 2 atom stereocenters. The van der Waals surface area contributed by atoms with Crippen molar-refractivity contribution in [1.29, 1.82) is 0 Å². The molecule has 2 heterocycles. The minimum atomic E-state index is -0.455. The van der Waals surface area contributed by atoms with E-state index in [0.29, 0.717) is 30.2 Å². The normalized spacial score (nSPS) is 17.4. The lowest BCUT2D eigenvalue weighted by atomic mass is 10.0. The van der Waals surface area contributed by atoms with Gasteiger partial charge < -0.3 is 15.2 Å². The van der Waals surface area contributed by atoms with Crippen LogP contribution in [0.25, 0.3) is 11.4 Å². The van der Waals surface area contributed by atoms with Crippen molar-refractivity contribution in [2.75, 3.05) is 6.54 Å². The van der Waals surface area contributed by atoms with Gasteiger partial charge in [0.1, 0.15) is 11.9 Å². The highest BCUT2D eigenvalue weighted by molar-refractivity contribution is 5.77. The number of halogens is 1. The highest BCUT2D eigenvalue weighted by Gasteiger charge is 2.34. The Balaban J connectivity index is 1.42. The Kier molecular flexibility index (Phi) is 5.67. The highest BCUT2D eigenvalue weighted by Crippen LogP contribution is 2.32. The summed E-state index contributed by atoms with van der Waals surface area (Å²) in [6.45, 7) is 0.624. The smallest absolute Gasteiger partial charge is 0.249 e. The van der Waals surface area contributed by atoms with Gasteiger partial charge in [0.2, 0.25) is 17.6 Å². The lowest BCUT2D eigenvalue weighted by molar-refractivity contribution is -0.132. The largest absolute Gasteiger partial charge is 0.337 e. The van der Waals surface area contributed by atoms with Gasteiger partial charge in [-0.2, -0.15) is 4.98 Å². The van der Waals surface area contributed by atoms with Gasteiger partial charge >= 0.3 is 0 Å². The van der Waals surface area contributed by atoms with Crippen molar-refractivity contribution >= 4 is 5.91 Å². The van der Waals surface area contributed by atoms with Gasteiger partial charge in [-0.1, -0.05) is 53.7 Å². The van der Waals surface area contributed by atoms with E-state index in [0.717, 1.165) is 18.4 Å². The van der Waals surface area contributed by atoms with Gasteiger partial charge in [-0.25, -0.2) is 4.39 Å². The Morgan fingerprint density at radius 3 is 2.76 bits per heavy atom. The van der Waals surface area contributed by atoms with Gasteiger partial charge in [-0.3, -0.25) is 4.79 Å². The zero-order valence-electron chi connectivity index (χ0n) is 16.0. The molecule has 1 aliphatic rings. The van der Waals surface area contributed by atoms with E-state index >= 15 is 0 Å². The topological polar surface area (TPSA) is 85.3 Å². The SMILES string of the molecule is N[C@@H](CC(=O)N1CCCC1c1nc(-c2ccccc2)no1)Cc1ccccc1F. The quantitative estimate of drug-likeness (QED) is 0.692. The molecule has 0 radical (unpaired) electrons. The number of carbonyl (C=O) groups excluding carboxylic acids is 1. The third-order valence-corrected chi connectivity index (χ3v) is 5.21. The molecule has 1 aliphatic heterocycles. The summed E-state index contributed by atoms with van der Waals surface area (Å²) in [5.74, 6) is 0.582. The molecule has 29 heavy (non-hydrogen) atoms. The van der Waals surface area contributed by atoms with E-state index < -0.39 is 6.04 Å². The summed E-state index contributed by atoms with van der Waals surface area (Å²) >= 11 is 0. The fraction of sp³-hybridized carbons (Fsp3) is 0.318. The molecule has 1 aromatic heterocycles. The third-order valence-electron chi connectivity index (χ3n) is 5.21. The Morgan fingerprint density at radius 2 is 1.97 bits per heavy atom. The molecule has 0 bridgehead atoms. The monoisotopic (exact) mass is 394 g/mol. The van der Waals surface area contributed by atoms with Crippen molar-refractivity contribution in [2.24, 2.45) is 5.73 Å². The summed E-state index contributed by atoms with van der Waals surface area (Å²) in [5.41, 5.74) is 7.53. The minimum Gasteiger partial charge on any atom is -0.337 e. The van der Waals surface area contributed by atoms with Crippen LogP contribution < -0.4 is 5.73 Å². The minimum absolute atomic E-state index is 0.0733. The molecule has 7 heteroatoms. The number of hydrogen-bond donors (Lipinski definition) is 1. The van der Waals surface area contributed by atoms with E-state index in [2.05, 4.69) is 10.1 Å². The van der Waals surface area contributed by atoms with E-state index in [1.807, 2.05) is 30.3 Å². The molecule has 1 saturated heterocycles. The van der Waals surface area contributed by atoms with E-state index in [1.165, 1.54) is 6.07 Å². The fourth-order valence-corrected chi connectivity index (χ4v) is 3.76. The van der Waals surface area contributed by atoms with Crippen LogP contribution in [-0.2, 0) is 11.2 Å². The molecule has 1 amide bonds. The Morgan fingerprint density at radius 1 is 1.21 bits per heavy atom. The van der Waals surface area contributed by atoms with Crippen LogP contribution in [0.2, 0.25) is 0 Å². The van der Waals surface area contributed by atoms with Crippen LogP contribution >= 0.6 is 0 Å². The van der Waals surface area contributed by atoms with E-state index in [9.17, 15) is 9.18 Å². The summed E-state index contributed by atoms with van der Waals surface area (Å²) in [6.07, 6.45) is 2.09. The molecule has 1 fully saturated rings. The van der Waals surface area contributed by atoms with E-state index in [1.54, 1.807) is 23.1 Å². The van der Waals surface area contributed by atoms with Crippen molar-refractivity contribution in [3.63, 3.8) is 0 Å². The van der Waals surface area contributed by atoms with Crippen LogP contribution in [0.5, 0.6) is 0 Å². The molecule has 0 spiro atoms. The molecule has 1 unspecified atom stereocenters. The molecular formula is C22H23FN4O2. The molecule has 6 nitrogen and oxygen atoms in total. The number of rotatable bonds is 6. The van der Waals surface area contributed by atoms with Gasteiger partial charge in [0.25, 0.3) is 0 Å². The lowest BCUT2D eigenvalue weighted by Gasteiger charge is -2.23. The Bertz CT molecular complexity index is 976. The molecule has 4 rings (SSSR count). The number of aromatic nitrogens is 2. The third kappa shape index (κ3) is 4.35. The van der Waals surface area contributed by atoms with Crippen molar-refractivity contribution in [3.8, 4) is 11.4 Å². The molecule has 0 saturated carbocycles. The van der Waals surface area contributed by atoms with Gasteiger partial charge in [0.05, 0.1) is 0 Å². The maximum atomic E-state index is 13.8. The molecular weight excluding hydrogens is 371 g/mol. The predicted octanol–water partition coefficient (Wildman–Crippen LogP) is 3.50. The predicted molar refractivity (Wildman–Crippen MR) is 106 cm³/mol. The maximum absolute atomic E-state index is 13.8. The average molecular weight is 394 g/mol. The maximum Gasteiger partial charge on any atom is 0.249 e. The molecule has 2 N–H and O–H groups in total. The van der Waals surface area contributed by atoms with Crippen molar-refractivity contribution < 1.29 is 13.7 Å². The standard InChI is InChI=1S/C22H23FN4O2/c23-18-10-5-4-9-16(18)13-17(24)14-20(28)27-12-6-11-19(27)22-25-21(26-29-22)15-7-2-1-3-8-15/h1-5,7-10,17,19H,6,11-14,24H2/t17-,19?/m1/s1. The number of carbonyl (C=O) groups is 1. The number of likely N-dealkylation sites (tertiary alicyclic amines) is 1. The number of nitrogens with two attached hydrogens (primary N) is 1. The van der Waals surface area contributed by atoms with E-state index in [-0.39, 0.29) is 24.2 Å². The van der Waals surface area contributed by atoms with Crippen molar-refractivity contribution in [2.45, 2.75) is 37.8 Å². The number of hydrogen-bond acceptors (Lipinski definition) is 5. The second-order valence-electron chi connectivity index (χ2n) is 7.33. The zero-order valence-corrected chi connectivity index (χ0v) is 16.0. The van der Waals surface area contributed by atoms with Crippen molar-refractivity contribution in [3.05, 3.63) is 71.9 Å². The van der Waals surface area contributed by atoms with Crippen LogP contribution in [0.1, 0.15) is 36.8 Å². The van der Waals surface area contributed by atoms with Crippen LogP contribution in [0.4, 0.5) is 4.39 Å². The van der Waals surface area contributed by atoms with Gasteiger partial charge in [0, 0.05) is 24.6 Å². The van der Waals surface area contributed by atoms with Crippen LogP contribution in [0.3, 0.4) is 0 Å². The van der Waals surface area contributed by atoms with Crippen molar-refractivity contribution in [1.82, 2.24) is 15.0 Å². The molecule has 150 valence electrons. The molecule has 2 aromatic carbocycles. The summed E-state index contributed by atoms with van der Waals surface area (Å²) in [6, 6.07) is 15.4. The van der Waals surface area contributed by atoms with Gasteiger partial charge in [-0.15, -0.1) is 0 Å². The number of nitrogens with zero attached hydrogens (tertiary/aromatic N) is 3. The Labute approximate surface area is 168 Å². The lowest BCUT2D eigenvalue weighted by Crippen LogP contribution is -2.36. The zero-order chi connectivity index (χ0) is 20.2. The Hall–Kier alpha value is -3.06. The summed E-state index contributed by atoms with van der Waals surface area (Å²) < 4.78 is 19.3. The first-order valence-corrected chi connectivity index (χ1v) is 9.79. The van der Waals surface area contributed by atoms with Crippen LogP contribution in [-0.4, -0.2) is 33.5 Å². The van der Waals surface area contributed by atoms with Gasteiger partial charge in [0.15, 0.2) is 0 Å². The van der Waals surface area contributed by atoms with Gasteiger partial charge in [-0.05, 0) is 30.9 Å². The van der Waals surface area contributed by atoms with E-state index in [4.69, 9.17) is 10.3 Å². The van der Waals surface area contributed by atoms with Crippen LogP contribution in [0.15, 0.2) is 59.1 Å². The molecule has 3 aromatic rings.